The molecule has 3 nitrogen and oxygen atoms in total. The molecule has 1 unspecified atom stereocenters. The molecule has 2 rings (SSSR count). The standard InChI is InChI=1S/C11H15Cl2N3/c1-14-9-3-2-4-16(7-9)11-10(13)5-8(12)6-15-11/h5-6,9,14H,2-4,7H2,1H3. The first-order chi connectivity index (χ1) is 7.70. The van der Waals surface area contributed by atoms with Gasteiger partial charge >= 0.3 is 0 Å². The number of pyridine rings is 1. The van der Waals surface area contributed by atoms with Crippen molar-refractivity contribution in [1.82, 2.24) is 10.3 Å². The zero-order valence-electron chi connectivity index (χ0n) is 9.21. The molecular weight excluding hydrogens is 245 g/mol. The minimum absolute atomic E-state index is 0.516. The largest absolute Gasteiger partial charge is 0.354 e. The normalized spacial score (nSPS) is 21.2. The van der Waals surface area contributed by atoms with Crippen molar-refractivity contribution in [2.45, 2.75) is 18.9 Å². The minimum Gasteiger partial charge on any atom is -0.354 e. The van der Waals surface area contributed by atoms with Gasteiger partial charge in [-0.2, -0.15) is 0 Å². The second-order valence-electron chi connectivity index (χ2n) is 4.03. The molecule has 0 aliphatic carbocycles. The smallest absolute Gasteiger partial charge is 0.147 e. The van der Waals surface area contributed by atoms with Crippen molar-refractivity contribution in [3.05, 3.63) is 22.3 Å². The van der Waals surface area contributed by atoms with E-state index in [4.69, 9.17) is 23.2 Å². The van der Waals surface area contributed by atoms with Crippen molar-refractivity contribution < 1.29 is 0 Å². The lowest BCUT2D eigenvalue weighted by molar-refractivity contribution is 0.447. The molecule has 0 aromatic carbocycles. The molecule has 1 aromatic heterocycles. The number of piperidine rings is 1. The van der Waals surface area contributed by atoms with E-state index in [1.165, 1.54) is 6.42 Å². The van der Waals surface area contributed by atoms with Crippen molar-refractivity contribution in [1.29, 1.82) is 0 Å². The van der Waals surface area contributed by atoms with Gasteiger partial charge in [0, 0.05) is 25.3 Å². The number of halogens is 2. The number of anilines is 1. The summed E-state index contributed by atoms with van der Waals surface area (Å²) in [6, 6.07) is 2.26. The third-order valence-corrected chi connectivity index (χ3v) is 3.40. The van der Waals surface area contributed by atoms with Crippen LogP contribution in [0.5, 0.6) is 0 Å². The average Bonchev–Trinajstić information content (AvgIpc) is 2.29. The molecule has 1 N–H and O–H groups in total. The molecule has 0 amide bonds. The molecule has 1 atom stereocenters. The first-order valence-corrected chi connectivity index (χ1v) is 6.19. The van der Waals surface area contributed by atoms with Gasteiger partial charge in [-0.05, 0) is 26.0 Å². The summed E-state index contributed by atoms with van der Waals surface area (Å²) < 4.78 is 0. The maximum Gasteiger partial charge on any atom is 0.147 e. The minimum atomic E-state index is 0.516. The third kappa shape index (κ3) is 2.59. The van der Waals surface area contributed by atoms with Crippen LogP contribution in [0.1, 0.15) is 12.8 Å². The van der Waals surface area contributed by atoms with Crippen LogP contribution in [0.15, 0.2) is 12.3 Å². The molecule has 1 fully saturated rings. The molecule has 5 heteroatoms. The molecule has 1 aliphatic rings. The molecule has 1 aliphatic heterocycles. The van der Waals surface area contributed by atoms with E-state index in [0.717, 1.165) is 25.3 Å². The molecule has 1 aromatic rings. The second kappa shape index (κ2) is 5.21. The van der Waals surface area contributed by atoms with E-state index in [0.29, 0.717) is 16.1 Å². The van der Waals surface area contributed by atoms with Crippen LogP contribution in [-0.4, -0.2) is 31.2 Å². The Morgan fingerprint density at radius 3 is 3.00 bits per heavy atom. The summed E-state index contributed by atoms with van der Waals surface area (Å²) >= 11 is 12.0. The molecule has 2 heterocycles. The number of aromatic nitrogens is 1. The van der Waals surface area contributed by atoms with Crippen molar-refractivity contribution in [3.8, 4) is 0 Å². The second-order valence-corrected chi connectivity index (χ2v) is 4.88. The van der Waals surface area contributed by atoms with E-state index in [1.54, 1.807) is 12.3 Å². The zero-order valence-corrected chi connectivity index (χ0v) is 10.7. The lowest BCUT2D eigenvalue weighted by Crippen LogP contribution is -2.44. The van der Waals surface area contributed by atoms with Crippen molar-refractivity contribution in [3.63, 3.8) is 0 Å². The van der Waals surface area contributed by atoms with Crippen LogP contribution in [0.4, 0.5) is 5.82 Å². The lowest BCUT2D eigenvalue weighted by Gasteiger charge is -2.33. The van der Waals surface area contributed by atoms with E-state index in [2.05, 4.69) is 15.2 Å². The van der Waals surface area contributed by atoms with Gasteiger partial charge in [-0.1, -0.05) is 23.2 Å². The van der Waals surface area contributed by atoms with Gasteiger partial charge in [0.15, 0.2) is 0 Å². The Hall–Kier alpha value is -0.510. The maximum absolute atomic E-state index is 6.14. The highest BCUT2D eigenvalue weighted by molar-refractivity contribution is 6.36. The fraction of sp³-hybridized carbons (Fsp3) is 0.545. The highest BCUT2D eigenvalue weighted by Crippen LogP contribution is 2.28. The van der Waals surface area contributed by atoms with Gasteiger partial charge in [0.2, 0.25) is 0 Å². The monoisotopic (exact) mass is 259 g/mol. The highest BCUT2D eigenvalue weighted by atomic mass is 35.5. The topological polar surface area (TPSA) is 28.2 Å². The summed E-state index contributed by atoms with van der Waals surface area (Å²) in [6.45, 7) is 1.96. The summed E-state index contributed by atoms with van der Waals surface area (Å²) in [4.78, 5) is 6.52. The van der Waals surface area contributed by atoms with E-state index >= 15 is 0 Å². The van der Waals surface area contributed by atoms with E-state index in [1.807, 2.05) is 7.05 Å². The van der Waals surface area contributed by atoms with Crippen molar-refractivity contribution in [2.24, 2.45) is 0 Å². The molecule has 0 radical (unpaired) electrons. The number of likely N-dealkylation sites (N-methyl/N-ethyl adjacent to an activating group) is 1. The Labute approximate surface area is 106 Å². The quantitative estimate of drug-likeness (QED) is 0.885. The predicted molar refractivity (Wildman–Crippen MR) is 68.6 cm³/mol. The lowest BCUT2D eigenvalue weighted by atomic mass is 10.1. The van der Waals surface area contributed by atoms with Crippen LogP contribution in [0.3, 0.4) is 0 Å². The van der Waals surface area contributed by atoms with E-state index < -0.39 is 0 Å². The van der Waals surface area contributed by atoms with Gasteiger partial charge in [0.25, 0.3) is 0 Å². The fourth-order valence-corrected chi connectivity index (χ4v) is 2.54. The number of nitrogens with zero attached hydrogens (tertiary/aromatic N) is 2. The van der Waals surface area contributed by atoms with Gasteiger partial charge in [0.1, 0.15) is 5.82 Å². The SMILES string of the molecule is CNC1CCCN(c2ncc(Cl)cc2Cl)C1. The first-order valence-electron chi connectivity index (χ1n) is 5.44. The Bertz CT molecular complexity index is 370. The Kier molecular flexibility index (Phi) is 3.90. The van der Waals surface area contributed by atoms with Crippen LogP contribution in [0.25, 0.3) is 0 Å². The average molecular weight is 260 g/mol. The van der Waals surface area contributed by atoms with Gasteiger partial charge in [0.05, 0.1) is 10.0 Å². The molecule has 1 saturated heterocycles. The first kappa shape index (κ1) is 12.0. The van der Waals surface area contributed by atoms with E-state index in [-0.39, 0.29) is 0 Å². The third-order valence-electron chi connectivity index (χ3n) is 2.92. The molecule has 0 spiro atoms. The van der Waals surface area contributed by atoms with Crippen molar-refractivity contribution >= 4 is 29.0 Å². The van der Waals surface area contributed by atoms with Crippen LogP contribution < -0.4 is 10.2 Å². The van der Waals surface area contributed by atoms with Gasteiger partial charge in [-0.3, -0.25) is 0 Å². The molecular formula is C11H15Cl2N3. The van der Waals surface area contributed by atoms with Gasteiger partial charge in [-0.25, -0.2) is 4.98 Å². The summed E-state index contributed by atoms with van der Waals surface area (Å²) in [5.41, 5.74) is 0. The number of rotatable bonds is 2. The van der Waals surface area contributed by atoms with Crippen LogP contribution >= 0.6 is 23.2 Å². The number of hydrogen-bond donors (Lipinski definition) is 1. The summed E-state index contributed by atoms with van der Waals surface area (Å²) in [5.74, 6) is 0.839. The van der Waals surface area contributed by atoms with Crippen LogP contribution in [0.2, 0.25) is 10.0 Å². The predicted octanol–water partition coefficient (Wildman–Crippen LogP) is 2.58. The highest BCUT2D eigenvalue weighted by Gasteiger charge is 2.21. The van der Waals surface area contributed by atoms with Crippen LogP contribution in [0, 0.1) is 0 Å². The summed E-state index contributed by atoms with van der Waals surface area (Å²) in [7, 11) is 1.99. The summed E-state index contributed by atoms with van der Waals surface area (Å²) in [5, 5.41) is 4.50. The molecule has 88 valence electrons. The maximum atomic E-state index is 6.14. The fourth-order valence-electron chi connectivity index (χ4n) is 2.05. The Morgan fingerprint density at radius 2 is 2.31 bits per heavy atom. The molecule has 0 saturated carbocycles. The van der Waals surface area contributed by atoms with Crippen LogP contribution in [-0.2, 0) is 0 Å². The van der Waals surface area contributed by atoms with Gasteiger partial charge < -0.3 is 10.2 Å². The van der Waals surface area contributed by atoms with Gasteiger partial charge in [-0.15, -0.1) is 0 Å². The van der Waals surface area contributed by atoms with Crippen molar-refractivity contribution in [2.75, 3.05) is 25.0 Å². The summed E-state index contributed by atoms with van der Waals surface area (Å²) in [6.07, 6.45) is 4.01. The number of nitrogens with one attached hydrogen (secondary N) is 1. The number of hydrogen-bond acceptors (Lipinski definition) is 3. The zero-order chi connectivity index (χ0) is 11.5. The molecule has 0 bridgehead atoms. The molecule has 16 heavy (non-hydrogen) atoms. The van der Waals surface area contributed by atoms with E-state index in [9.17, 15) is 0 Å². The Morgan fingerprint density at radius 1 is 1.50 bits per heavy atom. The Balaban J connectivity index is 2.16.